The molecule has 0 aromatic heterocycles. The molecule has 2 aliphatic heterocycles. The average Bonchev–Trinajstić information content (AvgIpc) is 3.11. The number of hydrogen-bond donors (Lipinski definition) is 1. The minimum absolute atomic E-state index is 0.0101. The van der Waals surface area contributed by atoms with Crippen molar-refractivity contribution in [3.63, 3.8) is 0 Å². The Labute approximate surface area is 155 Å². The molecule has 10 nitrogen and oxygen atoms in total. The molecule has 0 aliphatic carbocycles. The lowest BCUT2D eigenvalue weighted by Gasteiger charge is -2.27. The quantitative estimate of drug-likeness (QED) is 0.337. The molecule has 0 aromatic rings. The van der Waals surface area contributed by atoms with Gasteiger partial charge in [-0.05, 0) is 19.3 Å². The van der Waals surface area contributed by atoms with E-state index in [0.717, 1.165) is 22.0 Å². The largest absolute Gasteiger partial charge is 0.548 e. The van der Waals surface area contributed by atoms with E-state index >= 15 is 0 Å². The number of hydrogen-bond acceptors (Lipinski definition) is 7. The summed E-state index contributed by atoms with van der Waals surface area (Å²) in [5.41, 5.74) is 0. The minimum atomic E-state index is -1.48. The first kappa shape index (κ1) is 20.3. The third kappa shape index (κ3) is 5.22. The van der Waals surface area contributed by atoms with Crippen LogP contribution in [0, 0.1) is 0 Å². The highest BCUT2D eigenvalue weighted by Crippen LogP contribution is 2.18. The number of nitrogens with one attached hydrogen (secondary N) is 1. The standard InChI is InChI=1S/C17H21N3O7/c21-12(8-10-19-13(22)4-5-14(19)23)18-9-2-1-3-11(17(26)27)20-15(24)6-7-16(20)25/h4-5,11H,1-3,6-10H2,(H,18,21)(H,26,27)/p-1. The van der Waals surface area contributed by atoms with Gasteiger partial charge in [0.1, 0.15) is 0 Å². The lowest BCUT2D eigenvalue weighted by atomic mass is 10.1. The maximum atomic E-state index is 11.7. The number of imide groups is 2. The SMILES string of the molecule is O=C(CCN1C(=O)C=CC1=O)NCCCCC(C(=O)[O-])N1C(=O)CCC1=O. The minimum Gasteiger partial charge on any atom is -0.548 e. The number of likely N-dealkylation sites (tertiary alicyclic amines) is 1. The van der Waals surface area contributed by atoms with Gasteiger partial charge in [0.2, 0.25) is 17.7 Å². The summed E-state index contributed by atoms with van der Waals surface area (Å²) in [5, 5.41) is 13.8. The molecular formula is C17H20N3O7-. The maximum absolute atomic E-state index is 11.7. The van der Waals surface area contributed by atoms with Gasteiger partial charge in [-0.3, -0.25) is 33.8 Å². The Morgan fingerprint density at radius 3 is 2.19 bits per heavy atom. The van der Waals surface area contributed by atoms with Gasteiger partial charge < -0.3 is 15.2 Å². The number of carbonyl (C=O) groups is 6. The van der Waals surface area contributed by atoms with E-state index in [1.165, 1.54) is 0 Å². The molecule has 0 spiro atoms. The summed E-state index contributed by atoms with van der Waals surface area (Å²) in [6, 6.07) is -1.29. The molecule has 0 saturated carbocycles. The van der Waals surface area contributed by atoms with E-state index in [1.807, 2.05) is 0 Å². The number of carboxylic acid groups (broad SMARTS) is 1. The van der Waals surface area contributed by atoms with Crippen LogP contribution in [-0.4, -0.2) is 64.4 Å². The van der Waals surface area contributed by atoms with Crippen LogP contribution < -0.4 is 10.4 Å². The maximum Gasteiger partial charge on any atom is 0.253 e. The molecule has 1 N–H and O–H groups in total. The highest BCUT2D eigenvalue weighted by atomic mass is 16.4. The van der Waals surface area contributed by atoms with E-state index in [1.54, 1.807) is 0 Å². The zero-order valence-corrected chi connectivity index (χ0v) is 14.6. The van der Waals surface area contributed by atoms with Crippen molar-refractivity contribution in [1.82, 2.24) is 15.1 Å². The first-order chi connectivity index (χ1) is 12.8. The molecule has 2 heterocycles. The molecule has 1 saturated heterocycles. The van der Waals surface area contributed by atoms with Crippen molar-refractivity contribution in [3.05, 3.63) is 12.2 Å². The molecule has 2 aliphatic rings. The van der Waals surface area contributed by atoms with Crippen molar-refractivity contribution < 1.29 is 33.9 Å². The van der Waals surface area contributed by atoms with Gasteiger partial charge in [0.15, 0.2) is 0 Å². The number of amides is 5. The van der Waals surface area contributed by atoms with E-state index in [0.29, 0.717) is 12.8 Å². The Hall–Kier alpha value is -3.04. The molecule has 1 unspecified atom stereocenters. The lowest BCUT2D eigenvalue weighted by Crippen LogP contribution is -2.50. The van der Waals surface area contributed by atoms with Crippen LogP contribution in [0.15, 0.2) is 12.2 Å². The molecule has 0 aromatic carbocycles. The van der Waals surface area contributed by atoms with Crippen LogP contribution in [0.25, 0.3) is 0 Å². The Bertz CT molecular complexity index is 667. The van der Waals surface area contributed by atoms with Crippen LogP contribution in [0.3, 0.4) is 0 Å². The monoisotopic (exact) mass is 378 g/mol. The number of nitrogens with zero attached hydrogens (tertiary/aromatic N) is 2. The predicted molar refractivity (Wildman–Crippen MR) is 87.2 cm³/mol. The van der Waals surface area contributed by atoms with E-state index in [-0.39, 0.29) is 44.7 Å². The van der Waals surface area contributed by atoms with Crippen LogP contribution >= 0.6 is 0 Å². The first-order valence-electron chi connectivity index (χ1n) is 8.67. The van der Waals surface area contributed by atoms with Crippen LogP contribution in [-0.2, 0) is 28.8 Å². The van der Waals surface area contributed by atoms with Crippen molar-refractivity contribution in [2.75, 3.05) is 13.1 Å². The fourth-order valence-corrected chi connectivity index (χ4v) is 2.94. The molecular weight excluding hydrogens is 358 g/mol. The molecule has 2 rings (SSSR count). The van der Waals surface area contributed by atoms with Crippen molar-refractivity contribution >= 4 is 35.5 Å². The van der Waals surface area contributed by atoms with E-state index in [4.69, 9.17) is 0 Å². The zero-order valence-electron chi connectivity index (χ0n) is 14.6. The molecule has 1 fully saturated rings. The second kappa shape index (κ2) is 9.06. The van der Waals surface area contributed by atoms with Gasteiger partial charge in [-0.2, -0.15) is 0 Å². The molecule has 10 heteroatoms. The summed E-state index contributed by atoms with van der Waals surface area (Å²) in [6.07, 6.45) is 3.13. The molecule has 146 valence electrons. The summed E-state index contributed by atoms with van der Waals surface area (Å²) in [6.45, 7) is 0.253. The summed E-state index contributed by atoms with van der Waals surface area (Å²) < 4.78 is 0. The first-order valence-corrected chi connectivity index (χ1v) is 8.67. The van der Waals surface area contributed by atoms with E-state index in [2.05, 4.69) is 5.32 Å². The topological polar surface area (TPSA) is 144 Å². The predicted octanol–water partition coefficient (Wildman–Crippen LogP) is -2.14. The van der Waals surface area contributed by atoms with Crippen LogP contribution in [0.4, 0.5) is 0 Å². The summed E-state index contributed by atoms with van der Waals surface area (Å²) in [7, 11) is 0. The van der Waals surface area contributed by atoms with Gasteiger partial charge in [0.25, 0.3) is 11.8 Å². The third-order valence-corrected chi connectivity index (χ3v) is 4.36. The fraction of sp³-hybridized carbons (Fsp3) is 0.529. The van der Waals surface area contributed by atoms with Crippen molar-refractivity contribution in [3.8, 4) is 0 Å². The third-order valence-electron chi connectivity index (χ3n) is 4.36. The Balaban J connectivity index is 1.65. The normalized spacial score (nSPS) is 17.8. The van der Waals surface area contributed by atoms with Crippen molar-refractivity contribution in [2.45, 2.75) is 44.6 Å². The Morgan fingerprint density at radius 1 is 1.04 bits per heavy atom. The van der Waals surface area contributed by atoms with Gasteiger partial charge in [0.05, 0.1) is 12.0 Å². The van der Waals surface area contributed by atoms with Crippen LogP contribution in [0.1, 0.15) is 38.5 Å². The van der Waals surface area contributed by atoms with Crippen LogP contribution in [0.2, 0.25) is 0 Å². The Morgan fingerprint density at radius 2 is 1.63 bits per heavy atom. The summed E-state index contributed by atoms with van der Waals surface area (Å²) in [5.74, 6) is -3.75. The lowest BCUT2D eigenvalue weighted by molar-refractivity contribution is -0.311. The van der Waals surface area contributed by atoms with Gasteiger partial charge in [-0.15, -0.1) is 0 Å². The second-order valence-electron chi connectivity index (χ2n) is 6.25. The Kier molecular flexibility index (Phi) is 6.80. The molecule has 5 amide bonds. The highest BCUT2D eigenvalue weighted by molar-refractivity contribution is 6.13. The fourth-order valence-electron chi connectivity index (χ4n) is 2.94. The summed E-state index contributed by atoms with van der Waals surface area (Å²) >= 11 is 0. The summed E-state index contributed by atoms with van der Waals surface area (Å²) in [4.78, 5) is 70.7. The highest BCUT2D eigenvalue weighted by Gasteiger charge is 2.35. The smallest absolute Gasteiger partial charge is 0.253 e. The number of rotatable bonds is 10. The van der Waals surface area contributed by atoms with Gasteiger partial charge in [-0.1, -0.05) is 0 Å². The van der Waals surface area contributed by atoms with Crippen molar-refractivity contribution in [2.24, 2.45) is 0 Å². The molecule has 27 heavy (non-hydrogen) atoms. The van der Waals surface area contributed by atoms with E-state index < -0.39 is 35.6 Å². The average molecular weight is 378 g/mol. The molecule has 1 atom stereocenters. The second-order valence-corrected chi connectivity index (χ2v) is 6.25. The number of aliphatic carboxylic acids is 1. The zero-order chi connectivity index (χ0) is 20.0. The van der Waals surface area contributed by atoms with Gasteiger partial charge >= 0.3 is 0 Å². The van der Waals surface area contributed by atoms with Gasteiger partial charge in [-0.25, -0.2) is 0 Å². The van der Waals surface area contributed by atoms with E-state index in [9.17, 15) is 33.9 Å². The van der Waals surface area contributed by atoms with Crippen molar-refractivity contribution in [1.29, 1.82) is 0 Å². The van der Waals surface area contributed by atoms with Crippen LogP contribution in [0.5, 0.6) is 0 Å². The number of carboxylic acids is 1. The molecule has 0 bridgehead atoms. The van der Waals surface area contributed by atoms with Gasteiger partial charge in [0, 0.05) is 44.5 Å². The molecule has 0 radical (unpaired) electrons. The number of unbranched alkanes of at least 4 members (excludes halogenated alkanes) is 1. The number of carbonyl (C=O) groups excluding carboxylic acids is 6.